The van der Waals surface area contributed by atoms with Crippen molar-refractivity contribution in [1.29, 1.82) is 0 Å². The fourth-order valence-corrected chi connectivity index (χ4v) is 1.47. The van der Waals surface area contributed by atoms with Crippen LogP contribution < -0.4 is 11.1 Å². The fraction of sp³-hybridized carbons (Fsp3) is 0.750. The zero-order chi connectivity index (χ0) is 14.6. The molecule has 1 aromatic heterocycles. The minimum absolute atomic E-state index is 0.0714. The van der Waals surface area contributed by atoms with Crippen molar-refractivity contribution in [2.75, 3.05) is 33.5 Å². The van der Waals surface area contributed by atoms with Gasteiger partial charge in [0.2, 0.25) is 5.91 Å². The maximum Gasteiger partial charge on any atom is 0.245 e. The summed E-state index contributed by atoms with van der Waals surface area (Å²) in [5.74, 6) is -0.136. The Morgan fingerprint density at radius 3 is 3.00 bits per heavy atom. The lowest BCUT2D eigenvalue weighted by Crippen LogP contribution is -2.29. The number of rotatable bonds is 11. The molecule has 114 valence electrons. The number of aryl methyl sites for hydroxylation is 1. The molecule has 0 aliphatic heterocycles. The van der Waals surface area contributed by atoms with E-state index in [1.54, 1.807) is 17.9 Å². The molecule has 0 saturated heterocycles. The van der Waals surface area contributed by atoms with Gasteiger partial charge in [0.05, 0.1) is 12.8 Å². The summed E-state index contributed by atoms with van der Waals surface area (Å²) in [5, 5.41) is 10.1. The van der Waals surface area contributed by atoms with Gasteiger partial charge in [0.25, 0.3) is 0 Å². The highest BCUT2D eigenvalue weighted by molar-refractivity contribution is 5.76. The van der Waals surface area contributed by atoms with E-state index >= 15 is 0 Å². The van der Waals surface area contributed by atoms with E-state index < -0.39 is 0 Å². The van der Waals surface area contributed by atoms with E-state index in [0.717, 1.165) is 13.0 Å². The highest BCUT2D eigenvalue weighted by Crippen LogP contribution is 1.94. The van der Waals surface area contributed by atoms with E-state index in [9.17, 15) is 4.79 Å². The molecule has 1 unspecified atom stereocenters. The Morgan fingerprint density at radius 1 is 1.45 bits per heavy atom. The fourth-order valence-electron chi connectivity index (χ4n) is 1.47. The SMILES string of the molecule is CNC(=O)COCCC(N)COCCCn1ccnn1. The second-order valence-electron chi connectivity index (χ2n) is 4.37. The van der Waals surface area contributed by atoms with Crippen LogP contribution in [-0.4, -0.2) is 60.4 Å². The van der Waals surface area contributed by atoms with Gasteiger partial charge in [0.15, 0.2) is 0 Å². The Morgan fingerprint density at radius 2 is 2.30 bits per heavy atom. The number of nitrogens with zero attached hydrogens (tertiary/aromatic N) is 3. The normalized spacial score (nSPS) is 12.3. The lowest BCUT2D eigenvalue weighted by Gasteiger charge is -2.12. The van der Waals surface area contributed by atoms with Crippen molar-refractivity contribution < 1.29 is 14.3 Å². The summed E-state index contributed by atoms with van der Waals surface area (Å²) >= 11 is 0. The quantitative estimate of drug-likeness (QED) is 0.514. The molecule has 1 rings (SSSR count). The molecular formula is C12H23N5O3. The molecule has 0 radical (unpaired) electrons. The van der Waals surface area contributed by atoms with Gasteiger partial charge in [-0.05, 0) is 12.8 Å². The van der Waals surface area contributed by atoms with Crippen molar-refractivity contribution in [2.45, 2.75) is 25.4 Å². The van der Waals surface area contributed by atoms with Gasteiger partial charge in [-0.25, -0.2) is 0 Å². The molecule has 8 heteroatoms. The van der Waals surface area contributed by atoms with Gasteiger partial charge in [-0.3, -0.25) is 9.48 Å². The van der Waals surface area contributed by atoms with E-state index in [2.05, 4.69) is 15.6 Å². The van der Waals surface area contributed by atoms with Gasteiger partial charge in [-0.2, -0.15) is 0 Å². The Hall–Kier alpha value is -1.51. The number of nitrogens with two attached hydrogens (primary N) is 1. The van der Waals surface area contributed by atoms with Crippen LogP contribution in [-0.2, 0) is 20.8 Å². The number of likely N-dealkylation sites (N-methyl/N-ethyl adjacent to an activating group) is 1. The van der Waals surface area contributed by atoms with E-state index in [-0.39, 0.29) is 18.6 Å². The standard InChI is InChI=1S/C12H23N5O3/c1-14-12(18)10-20-8-3-11(13)9-19-7-2-5-17-6-4-15-16-17/h4,6,11H,2-3,5,7-10,13H2,1H3,(H,14,18). The number of hydrogen-bond acceptors (Lipinski definition) is 6. The first kappa shape index (κ1) is 16.5. The first-order valence-electron chi connectivity index (χ1n) is 6.68. The molecule has 1 amide bonds. The number of aromatic nitrogens is 3. The van der Waals surface area contributed by atoms with Crippen LogP contribution in [0.2, 0.25) is 0 Å². The second kappa shape index (κ2) is 10.3. The third-order valence-electron chi connectivity index (χ3n) is 2.62. The van der Waals surface area contributed by atoms with Gasteiger partial charge in [0, 0.05) is 39.0 Å². The second-order valence-corrected chi connectivity index (χ2v) is 4.37. The Labute approximate surface area is 118 Å². The van der Waals surface area contributed by atoms with Crippen LogP contribution in [0.1, 0.15) is 12.8 Å². The maximum absolute atomic E-state index is 10.9. The van der Waals surface area contributed by atoms with E-state index in [1.807, 2.05) is 6.20 Å². The van der Waals surface area contributed by atoms with Gasteiger partial charge in [0.1, 0.15) is 6.61 Å². The molecule has 0 aliphatic rings. The largest absolute Gasteiger partial charge is 0.380 e. The van der Waals surface area contributed by atoms with Crippen molar-refractivity contribution >= 4 is 5.91 Å². The summed E-state index contributed by atoms with van der Waals surface area (Å²) in [5.41, 5.74) is 5.87. The average Bonchev–Trinajstić information content (AvgIpc) is 2.96. The summed E-state index contributed by atoms with van der Waals surface area (Å²) in [6.07, 6.45) is 4.99. The number of hydrogen-bond donors (Lipinski definition) is 2. The Kier molecular flexibility index (Phi) is 8.52. The number of amides is 1. The van der Waals surface area contributed by atoms with Crippen LogP contribution in [0.25, 0.3) is 0 Å². The first-order chi connectivity index (χ1) is 9.72. The van der Waals surface area contributed by atoms with Crippen molar-refractivity contribution in [2.24, 2.45) is 5.73 Å². The lowest BCUT2D eigenvalue weighted by atomic mass is 10.2. The predicted octanol–water partition coefficient (Wildman–Crippen LogP) is -0.835. The van der Waals surface area contributed by atoms with Crippen molar-refractivity contribution in [3.63, 3.8) is 0 Å². The monoisotopic (exact) mass is 285 g/mol. The van der Waals surface area contributed by atoms with E-state index in [1.165, 1.54) is 0 Å². The van der Waals surface area contributed by atoms with Gasteiger partial charge in [-0.1, -0.05) is 5.21 Å². The van der Waals surface area contributed by atoms with Gasteiger partial charge < -0.3 is 20.5 Å². The molecule has 1 atom stereocenters. The van der Waals surface area contributed by atoms with Crippen LogP contribution in [0.4, 0.5) is 0 Å². The highest BCUT2D eigenvalue weighted by Gasteiger charge is 2.04. The molecule has 1 aromatic rings. The van der Waals surface area contributed by atoms with Crippen molar-refractivity contribution in [3.8, 4) is 0 Å². The number of carbonyl (C=O) groups is 1. The minimum atomic E-state index is -0.136. The number of carbonyl (C=O) groups excluding carboxylic acids is 1. The average molecular weight is 285 g/mol. The predicted molar refractivity (Wildman–Crippen MR) is 72.9 cm³/mol. The molecule has 20 heavy (non-hydrogen) atoms. The molecule has 0 bridgehead atoms. The molecule has 3 N–H and O–H groups in total. The zero-order valence-electron chi connectivity index (χ0n) is 11.8. The zero-order valence-corrected chi connectivity index (χ0v) is 11.8. The Bertz CT molecular complexity index is 358. The highest BCUT2D eigenvalue weighted by atomic mass is 16.5. The van der Waals surface area contributed by atoms with Crippen LogP contribution in [0, 0.1) is 0 Å². The van der Waals surface area contributed by atoms with Crippen LogP contribution in [0.15, 0.2) is 12.4 Å². The van der Waals surface area contributed by atoms with Crippen LogP contribution >= 0.6 is 0 Å². The third kappa shape index (κ3) is 7.82. The summed E-state index contributed by atoms with van der Waals surface area (Å²) in [4.78, 5) is 10.9. The molecular weight excluding hydrogens is 262 g/mol. The van der Waals surface area contributed by atoms with Crippen LogP contribution in [0.3, 0.4) is 0 Å². The minimum Gasteiger partial charge on any atom is -0.380 e. The smallest absolute Gasteiger partial charge is 0.245 e. The van der Waals surface area contributed by atoms with Crippen molar-refractivity contribution in [3.05, 3.63) is 12.4 Å². The molecule has 0 aromatic carbocycles. The van der Waals surface area contributed by atoms with Gasteiger partial charge in [-0.15, -0.1) is 5.10 Å². The summed E-state index contributed by atoms with van der Waals surface area (Å²) in [6.45, 7) is 2.43. The Balaban J connectivity index is 1.89. The molecule has 0 aliphatic carbocycles. The molecule has 8 nitrogen and oxygen atoms in total. The topological polar surface area (TPSA) is 104 Å². The number of ether oxygens (including phenoxy) is 2. The van der Waals surface area contributed by atoms with Crippen molar-refractivity contribution in [1.82, 2.24) is 20.3 Å². The molecule has 0 saturated carbocycles. The molecule has 1 heterocycles. The summed E-state index contributed by atoms with van der Waals surface area (Å²) < 4.78 is 12.4. The van der Waals surface area contributed by atoms with E-state index in [4.69, 9.17) is 15.2 Å². The summed E-state index contributed by atoms with van der Waals surface area (Å²) in [7, 11) is 1.57. The molecule has 0 spiro atoms. The van der Waals surface area contributed by atoms with Crippen LogP contribution in [0.5, 0.6) is 0 Å². The third-order valence-corrected chi connectivity index (χ3v) is 2.62. The van der Waals surface area contributed by atoms with Gasteiger partial charge >= 0.3 is 0 Å². The summed E-state index contributed by atoms with van der Waals surface area (Å²) in [6, 6.07) is -0.0777. The lowest BCUT2D eigenvalue weighted by molar-refractivity contribution is -0.125. The van der Waals surface area contributed by atoms with E-state index in [0.29, 0.717) is 26.2 Å². The number of nitrogens with one attached hydrogen (secondary N) is 1. The first-order valence-corrected chi connectivity index (χ1v) is 6.68. The molecule has 0 fully saturated rings. The maximum atomic E-state index is 10.9.